The molecular formula is C14H19BrN4O. The zero-order valence-corrected chi connectivity index (χ0v) is 13.4. The van der Waals surface area contributed by atoms with Gasteiger partial charge in [0.1, 0.15) is 5.75 Å². The van der Waals surface area contributed by atoms with Crippen LogP contribution >= 0.6 is 15.9 Å². The molecule has 0 fully saturated rings. The van der Waals surface area contributed by atoms with Crippen molar-refractivity contribution in [3.05, 3.63) is 45.7 Å². The summed E-state index contributed by atoms with van der Waals surface area (Å²) >= 11 is 3.44. The highest BCUT2D eigenvalue weighted by molar-refractivity contribution is 9.10. The predicted octanol–water partition coefficient (Wildman–Crippen LogP) is 2.25. The molecule has 0 amide bonds. The fourth-order valence-corrected chi connectivity index (χ4v) is 2.64. The second-order valence-corrected chi connectivity index (χ2v) is 5.63. The summed E-state index contributed by atoms with van der Waals surface area (Å²) in [5.41, 5.74) is 6.01. The van der Waals surface area contributed by atoms with Gasteiger partial charge in [-0.25, -0.2) is 0 Å². The first-order valence-electron chi connectivity index (χ1n) is 6.34. The second kappa shape index (κ2) is 6.39. The number of methoxy groups -OCH3 is 1. The average molecular weight is 339 g/mol. The maximum absolute atomic E-state index is 5.72. The molecule has 20 heavy (non-hydrogen) atoms. The summed E-state index contributed by atoms with van der Waals surface area (Å²) in [6, 6.07) is 7.96. The minimum absolute atomic E-state index is 0.0344. The molecule has 3 N–H and O–H groups in total. The highest BCUT2D eigenvalue weighted by Gasteiger charge is 2.17. The fraction of sp³-hybridized carbons (Fsp3) is 0.357. The Bertz CT molecular complexity index is 597. The van der Waals surface area contributed by atoms with Crippen LogP contribution in [0.25, 0.3) is 0 Å². The van der Waals surface area contributed by atoms with Crippen molar-refractivity contribution in [2.75, 3.05) is 7.11 Å². The van der Waals surface area contributed by atoms with Gasteiger partial charge in [-0.1, -0.05) is 22.0 Å². The third kappa shape index (κ3) is 3.20. The highest BCUT2D eigenvalue weighted by atomic mass is 79.9. The van der Waals surface area contributed by atoms with Crippen LogP contribution < -0.4 is 16.0 Å². The Balaban J connectivity index is 2.30. The number of halogens is 1. The van der Waals surface area contributed by atoms with Crippen LogP contribution in [0.2, 0.25) is 0 Å². The van der Waals surface area contributed by atoms with Gasteiger partial charge in [0.15, 0.2) is 0 Å². The van der Waals surface area contributed by atoms with E-state index in [1.165, 1.54) is 0 Å². The third-order valence-corrected chi connectivity index (χ3v) is 3.78. The topological polar surface area (TPSA) is 65.1 Å². The maximum atomic E-state index is 5.72. The molecule has 2 rings (SSSR count). The quantitative estimate of drug-likeness (QED) is 0.648. The number of benzene rings is 1. The van der Waals surface area contributed by atoms with Crippen molar-refractivity contribution >= 4 is 15.9 Å². The molecule has 0 spiro atoms. The summed E-state index contributed by atoms with van der Waals surface area (Å²) in [7, 11) is 3.60. The molecule has 5 nitrogen and oxygen atoms in total. The Hall–Kier alpha value is -1.37. The summed E-state index contributed by atoms with van der Waals surface area (Å²) in [5, 5.41) is 4.36. The van der Waals surface area contributed by atoms with E-state index in [0.717, 1.165) is 33.6 Å². The van der Waals surface area contributed by atoms with E-state index in [4.69, 9.17) is 10.6 Å². The van der Waals surface area contributed by atoms with Gasteiger partial charge in [0.2, 0.25) is 0 Å². The van der Waals surface area contributed by atoms with Gasteiger partial charge in [-0.15, -0.1) is 0 Å². The average Bonchev–Trinajstić information content (AvgIpc) is 2.74. The molecule has 1 heterocycles. The number of nitrogens with one attached hydrogen (secondary N) is 1. The van der Waals surface area contributed by atoms with Crippen molar-refractivity contribution in [1.29, 1.82) is 0 Å². The fourth-order valence-electron chi connectivity index (χ4n) is 2.30. The molecule has 0 aliphatic carbocycles. The van der Waals surface area contributed by atoms with E-state index in [1.54, 1.807) is 7.11 Å². The van der Waals surface area contributed by atoms with Crippen LogP contribution in [-0.2, 0) is 13.5 Å². The normalized spacial score (nSPS) is 12.4. The lowest BCUT2D eigenvalue weighted by Crippen LogP contribution is -2.30. The standard InChI is InChI=1S/C14H19BrN4O/c1-9-6-11(19(2)18-9)8-13(17-16)12-5-4-10(15)7-14(12)20-3/h4-7,13,17H,8,16H2,1-3H3. The number of aromatic nitrogens is 2. The monoisotopic (exact) mass is 338 g/mol. The summed E-state index contributed by atoms with van der Waals surface area (Å²) in [5.74, 6) is 6.53. The van der Waals surface area contributed by atoms with Crippen molar-refractivity contribution in [1.82, 2.24) is 15.2 Å². The van der Waals surface area contributed by atoms with Crippen LogP contribution in [0.15, 0.2) is 28.7 Å². The second-order valence-electron chi connectivity index (χ2n) is 4.71. The van der Waals surface area contributed by atoms with Gasteiger partial charge in [0.25, 0.3) is 0 Å². The molecule has 2 aromatic rings. The zero-order chi connectivity index (χ0) is 14.7. The van der Waals surface area contributed by atoms with Gasteiger partial charge in [-0.3, -0.25) is 16.0 Å². The van der Waals surface area contributed by atoms with Gasteiger partial charge in [0.05, 0.1) is 18.8 Å². The number of aryl methyl sites for hydroxylation is 2. The predicted molar refractivity (Wildman–Crippen MR) is 82.4 cm³/mol. The lowest BCUT2D eigenvalue weighted by molar-refractivity contribution is 0.397. The molecule has 0 saturated carbocycles. The first-order chi connectivity index (χ1) is 9.55. The molecule has 1 atom stereocenters. The SMILES string of the molecule is COc1cc(Br)ccc1C(Cc1cc(C)nn1C)NN. The summed E-state index contributed by atoms with van der Waals surface area (Å²) in [6.45, 7) is 1.98. The molecule has 1 unspecified atom stereocenters. The Morgan fingerprint density at radius 1 is 1.45 bits per heavy atom. The third-order valence-electron chi connectivity index (χ3n) is 3.28. The van der Waals surface area contributed by atoms with Gasteiger partial charge in [-0.2, -0.15) is 5.10 Å². The highest BCUT2D eigenvalue weighted by Crippen LogP contribution is 2.30. The minimum Gasteiger partial charge on any atom is -0.496 e. The number of hydrogen-bond donors (Lipinski definition) is 2. The molecule has 1 aromatic carbocycles. The van der Waals surface area contributed by atoms with Gasteiger partial charge < -0.3 is 4.74 Å². The van der Waals surface area contributed by atoms with Crippen LogP contribution in [0, 0.1) is 6.92 Å². The number of hydrogen-bond acceptors (Lipinski definition) is 4. The van der Waals surface area contributed by atoms with E-state index in [1.807, 2.05) is 36.9 Å². The molecular weight excluding hydrogens is 320 g/mol. The molecule has 0 saturated heterocycles. The van der Waals surface area contributed by atoms with Crippen LogP contribution in [0.4, 0.5) is 0 Å². The van der Waals surface area contributed by atoms with Crippen molar-refractivity contribution in [2.24, 2.45) is 12.9 Å². The lowest BCUT2D eigenvalue weighted by atomic mass is 10.0. The Kier molecular flexibility index (Phi) is 4.80. The van der Waals surface area contributed by atoms with Crippen molar-refractivity contribution < 1.29 is 4.74 Å². The van der Waals surface area contributed by atoms with E-state index in [9.17, 15) is 0 Å². The first-order valence-corrected chi connectivity index (χ1v) is 7.13. The Morgan fingerprint density at radius 3 is 2.75 bits per heavy atom. The molecule has 1 aromatic heterocycles. The number of ether oxygens (including phenoxy) is 1. The largest absolute Gasteiger partial charge is 0.496 e. The summed E-state index contributed by atoms with van der Waals surface area (Å²) in [4.78, 5) is 0. The smallest absolute Gasteiger partial charge is 0.124 e. The van der Waals surface area contributed by atoms with E-state index in [2.05, 4.69) is 32.5 Å². The molecule has 0 aliphatic heterocycles. The van der Waals surface area contributed by atoms with Crippen molar-refractivity contribution in [3.63, 3.8) is 0 Å². The van der Waals surface area contributed by atoms with Gasteiger partial charge in [-0.05, 0) is 25.1 Å². The molecule has 0 bridgehead atoms. The minimum atomic E-state index is -0.0344. The van der Waals surface area contributed by atoms with Crippen LogP contribution in [0.5, 0.6) is 5.75 Å². The van der Waals surface area contributed by atoms with Crippen LogP contribution in [-0.4, -0.2) is 16.9 Å². The van der Waals surface area contributed by atoms with Crippen LogP contribution in [0.1, 0.15) is 23.0 Å². The molecule has 108 valence electrons. The molecule has 0 radical (unpaired) electrons. The van der Waals surface area contributed by atoms with Gasteiger partial charge >= 0.3 is 0 Å². The van der Waals surface area contributed by atoms with E-state index < -0.39 is 0 Å². The number of rotatable bonds is 5. The van der Waals surface area contributed by atoms with Crippen LogP contribution in [0.3, 0.4) is 0 Å². The zero-order valence-electron chi connectivity index (χ0n) is 11.9. The number of hydrazine groups is 1. The number of nitrogens with two attached hydrogens (primary N) is 1. The summed E-state index contributed by atoms with van der Waals surface area (Å²) < 4.78 is 8.29. The Morgan fingerprint density at radius 2 is 2.20 bits per heavy atom. The first kappa shape index (κ1) is 15.0. The van der Waals surface area contributed by atoms with E-state index in [0.29, 0.717) is 0 Å². The molecule has 6 heteroatoms. The van der Waals surface area contributed by atoms with Gasteiger partial charge in [0, 0.05) is 29.2 Å². The summed E-state index contributed by atoms with van der Waals surface area (Å²) in [6.07, 6.45) is 0.742. The maximum Gasteiger partial charge on any atom is 0.124 e. The van der Waals surface area contributed by atoms with E-state index >= 15 is 0 Å². The van der Waals surface area contributed by atoms with Crippen molar-refractivity contribution in [3.8, 4) is 5.75 Å². The molecule has 0 aliphatic rings. The van der Waals surface area contributed by atoms with Crippen molar-refractivity contribution in [2.45, 2.75) is 19.4 Å². The Labute approximate surface area is 127 Å². The van der Waals surface area contributed by atoms with E-state index in [-0.39, 0.29) is 6.04 Å². The number of nitrogens with zero attached hydrogens (tertiary/aromatic N) is 2. The lowest BCUT2D eigenvalue weighted by Gasteiger charge is -2.19.